The van der Waals surface area contributed by atoms with Crippen molar-refractivity contribution in [2.24, 2.45) is 0 Å². The predicted octanol–water partition coefficient (Wildman–Crippen LogP) is 5.88. The van der Waals surface area contributed by atoms with Gasteiger partial charge in [0.15, 0.2) is 17.0 Å². The van der Waals surface area contributed by atoms with Gasteiger partial charge < -0.3 is 5.32 Å². The van der Waals surface area contributed by atoms with Crippen molar-refractivity contribution in [3.8, 4) is 11.3 Å². The van der Waals surface area contributed by atoms with Gasteiger partial charge in [0.2, 0.25) is 0 Å². The monoisotopic (exact) mass is 538 g/mol. The molecule has 7 nitrogen and oxygen atoms in total. The highest BCUT2D eigenvalue weighted by atomic mass is 19.4. The zero-order valence-corrected chi connectivity index (χ0v) is 20.7. The average Bonchev–Trinajstić information content (AvgIpc) is 3.44. The normalized spacial score (nSPS) is 12.5. The van der Waals surface area contributed by atoms with Gasteiger partial charge in [-0.3, -0.25) is 9.48 Å². The van der Waals surface area contributed by atoms with E-state index in [9.17, 15) is 31.1 Å². The summed E-state index contributed by atoms with van der Waals surface area (Å²) in [6, 6.07) is 8.77. The first-order valence-electron chi connectivity index (χ1n) is 11.7. The molecular formula is C25H24F6N6O. The molecule has 202 valence electrons. The van der Waals surface area contributed by atoms with Crippen LogP contribution in [0.5, 0.6) is 0 Å². The molecule has 4 aromatic rings. The molecule has 0 aliphatic heterocycles. The first kappa shape index (κ1) is 27.1. The number of carbonyl (C=O) groups is 1. The molecule has 38 heavy (non-hydrogen) atoms. The zero-order valence-electron chi connectivity index (χ0n) is 20.7. The summed E-state index contributed by atoms with van der Waals surface area (Å²) in [5, 5.41) is 9.83. The maximum atomic E-state index is 13.8. The first-order valence-corrected chi connectivity index (χ1v) is 11.7. The van der Waals surface area contributed by atoms with Crippen LogP contribution in [-0.4, -0.2) is 36.8 Å². The number of alkyl halides is 6. The van der Waals surface area contributed by atoms with Crippen LogP contribution in [0.4, 0.5) is 26.3 Å². The number of rotatable bonds is 7. The number of amides is 1. The van der Waals surface area contributed by atoms with Gasteiger partial charge in [-0.2, -0.15) is 36.5 Å². The van der Waals surface area contributed by atoms with Crippen molar-refractivity contribution in [2.75, 3.05) is 6.54 Å². The summed E-state index contributed by atoms with van der Waals surface area (Å²) < 4.78 is 81.8. The number of benzene rings is 1. The van der Waals surface area contributed by atoms with Gasteiger partial charge in [0, 0.05) is 24.3 Å². The Morgan fingerprint density at radius 2 is 1.71 bits per heavy atom. The molecule has 0 saturated carbocycles. The van der Waals surface area contributed by atoms with Crippen molar-refractivity contribution in [1.29, 1.82) is 0 Å². The summed E-state index contributed by atoms with van der Waals surface area (Å²) in [6.07, 6.45) is -8.08. The maximum Gasteiger partial charge on any atom is 0.435 e. The van der Waals surface area contributed by atoms with E-state index in [1.165, 1.54) is 11.6 Å². The van der Waals surface area contributed by atoms with E-state index in [0.717, 1.165) is 23.9 Å². The summed E-state index contributed by atoms with van der Waals surface area (Å²) in [6.45, 7) is 5.61. The fraction of sp³-hybridized carbons (Fsp3) is 0.360. The summed E-state index contributed by atoms with van der Waals surface area (Å²) in [5.41, 5.74) is -0.721. The number of carbonyl (C=O) groups excluding carboxylic acids is 1. The third-order valence-electron chi connectivity index (χ3n) is 5.98. The Morgan fingerprint density at radius 1 is 1.03 bits per heavy atom. The highest BCUT2D eigenvalue weighted by Crippen LogP contribution is 2.33. The average molecular weight is 538 g/mol. The largest absolute Gasteiger partial charge is 0.435 e. The van der Waals surface area contributed by atoms with Crippen LogP contribution < -0.4 is 5.32 Å². The standard InChI is InChI=1S/C25H24F6N6O/c1-14(2)16-5-7-17(8-6-16)19-12-21(25(29,30)31)37-22(34-19)18(13-33-37)23(38)32-9-4-10-36-15(3)11-20(35-36)24(26,27)28/h5-8,11-14H,4,9-10H2,1-3H3,(H,32,38). The first-order chi connectivity index (χ1) is 17.8. The lowest BCUT2D eigenvalue weighted by molar-refractivity contribution is -0.143. The highest BCUT2D eigenvalue weighted by Gasteiger charge is 2.36. The van der Waals surface area contributed by atoms with Crippen molar-refractivity contribution >= 4 is 11.6 Å². The Hall–Kier alpha value is -3.90. The molecule has 0 radical (unpaired) electrons. The van der Waals surface area contributed by atoms with E-state index in [1.54, 1.807) is 12.1 Å². The van der Waals surface area contributed by atoms with E-state index in [4.69, 9.17) is 0 Å². The van der Waals surface area contributed by atoms with E-state index in [-0.39, 0.29) is 42.3 Å². The fourth-order valence-electron chi connectivity index (χ4n) is 3.91. The second-order valence-electron chi connectivity index (χ2n) is 9.10. The lowest BCUT2D eigenvalue weighted by atomic mass is 10.0. The molecule has 0 aliphatic carbocycles. The number of aryl methyl sites for hydroxylation is 2. The Bertz CT molecular complexity index is 1450. The van der Waals surface area contributed by atoms with E-state index in [0.29, 0.717) is 15.8 Å². The van der Waals surface area contributed by atoms with Crippen molar-refractivity contribution in [3.05, 3.63) is 70.8 Å². The van der Waals surface area contributed by atoms with E-state index in [2.05, 4.69) is 20.5 Å². The van der Waals surface area contributed by atoms with Crippen LogP contribution in [0.15, 0.2) is 42.6 Å². The second-order valence-corrected chi connectivity index (χ2v) is 9.10. The fourth-order valence-corrected chi connectivity index (χ4v) is 3.91. The molecule has 3 heterocycles. The van der Waals surface area contributed by atoms with Crippen LogP contribution in [0.1, 0.15) is 59.2 Å². The topological polar surface area (TPSA) is 77.1 Å². The number of fused-ring (bicyclic) bond motifs is 1. The van der Waals surface area contributed by atoms with Crippen LogP contribution in [0.25, 0.3) is 16.9 Å². The van der Waals surface area contributed by atoms with Crippen molar-refractivity contribution in [1.82, 2.24) is 29.7 Å². The third-order valence-corrected chi connectivity index (χ3v) is 5.98. The van der Waals surface area contributed by atoms with Gasteiger partial charge >= 0.3 is 12.4 Å². The minimum atomic E-state index is -4.76. The van der Waals surface area contributed by atoms with Crippen LogP contribution in [0.2, 0.25) is 0 Å². The molecule has 1 aromatic carbocycles. The minimum absolute atomic E-state index is 0.0318. The third kappa shape index (κ3) is 5.65. The smallest absolute Gasteiger partial charge is 0.352 e. The molecule has 0 bridgehead atoms. The molecule has 0 spiro atoms. The molecule has 13 heteroatoms. The Kier molecular flexibility index (Phi) is 7.22. The lowest BCUT2D eigenvalue weighted by Crippen LogP contribution is -2.25. The van der Waals surface area contributed by atoms with Gasteiger partial charge in [0.05, 0.1) is 11.9 Å². The molecule has 0 aliphatic rings. The molecule has 0 atom stereocenters. The van der Waals surface area contributed by atoms with Crippen LogP contribution >= 0.6 is 0 Å². The molecule has 3 aromatic heterocycles. The van der Waals surface area contributed by atoms with E-state index < -0.39 is 29.6 Å². The number of nitrogens with zero attached hydrogens (tertiary/aromatic N) is 5. The van der Waals surface area contributed by atoms with Crippen LogP contribution in [0, 0.1) is 6.92 Å². The Morgan fingerprint density at radius 3 is 2.29 bits per heavy atom. The van der Waals surface area contributed by atoms with Crippen LogP contribution in [-0.2, 0) is 18.9 Å². The van der Waals surface area contributed by atoms with Gasteiger partial charge in [-0.05, 0) is 37.0 Å². The van der Waals surface area contributed by atoms with Gasteiger partial charge in [0.25, 0.3) is 5.91 Å². The van der Waals surface area contributed by atoms with Gasteiger partial charge in [-0.25, -0.2) is 9.50 Å². The van der Waals surface area contributed by atoms with Crippen molar-refractivity contribution in [2.45, 2.75) is 52.0 Å². The molecule has 4 rings (SSSR count). The summed E-state index contributed by atoms with van der Waals surface area (Å²) in [5.74, 6) is -0.472. The zero-order chi connectivity index (χ0) is 27.8. The number of hydrogen-bond acceptors (Lipinski definition) is 4. The quantitative estimate of drug-likeness (QED) is 0.236. The highest BCUT2D eigenvalue weighted by molar-refractivity contribution is 5.99. The lowest BCUT2D eigenvalue weighted by Gasteiger charge is -2.12. The SMILES string of the molecule is Cc1cc(C(F)(F)F)nn1CCCNC(=O)c1cnn2c(C(F)(F)F)cc(-c3ccc(C(C)C)cc3)nc12. The van der Waals surface area contributed by atoms with Gasteiger partial charge in [-0.1, -0.05) is 38.1 Å². The molecule has 1 N–H and O–H groups in total. The Balaban J connectivity index is 1.55. The predicted molar refractivity (Wildman–Crippen MR) is 126 cm³/mol. The second kappa shape index (κ2) is 10.1. The van der Waals surface area contributed by atoms with Crippen molar-refractivity contribution in [3.63, 3.8) is 0 Å². The summed E-state index contributed by atoms with van der Waals surface area (Å²) in [4.78, 5) is 17.1. The van der Waals surface area contributed by atoms with Gasteiger partial charge in [0.1, 0.15) is 5.56 Å². The molecule has 0 unspecified atom stereocenters. The minimum Gasteiger partial charge on any atom is -0.352 e. The van der Waals surface area contributed by atoms with Crippen LogP contribution in [0.3, 0.4) is 0 Å². The number of aromatic nitrogens is 5. The maximum absolute atomic E-state index is 13.8. The molecule has 1 amide bonds. The molecule has 0 fully saturated rings. The summed E-state index contributed by atoms with van der Waals surface area (Å²) in [7, 11) is 0. The Labute approximate surface area is 213 Å². The van der Waals surface area contributed by atoms with E-state index >= 15 is 0 Å². The number of halogens is 6. The number of nitrogens with one attached hydrogen (secondary N) is 1. The van der Waals surface area contributed by atoms with Gasteiger partial charge in [-0.15, -0.1) is 0 Å². The van der Waals surface area contributed by atoms with E-state index in [1.807, 2.05) is 26.0 Å². The summed E-state index contributed by atoms with van der Waals surface area (Å²) >= 11 is 0. The molecular weight excluding hydrogens is 514 g/mol. The number of hydrogen-bond donors (Lipinski definition) is 1. The van der Waals surface area contributed by atoms with Crippen molar-refractivity contribution < 1.29 is 31.1 Å². The molecule has 0 saturated heterocycles.